The summed E-state index contributed by atoms with van der Waals surface area (Å²) in [6.07, 6.45) is 3.10. The average Bonchev–Trinajstić information content (AvgIpc) is 2.37. The minimum Gasteiger partial charge on any atom is -0.326 e. The summed E-state index contributed by atoms with van der Waals surface area (Å²) in [4.78, 5) is 0. The lowest BCUT2D eigenvalue weighted by atomic mass is 9.86. The molecular weight excluding hydrogens is 282 g/mol. The molecule has 1 saturated heterocycles. The summed E-state index contributed by atoms with van der Waals surface area (Å²) in [5.74, 6) is 0.300. The first-order valence-corrected chi connectivity index (χ1v) is 9.48. The zero-order valence-corrected chi connectivity index (χ0v) is 14.1. The molecule has 1 aromatic carbocycles. The Morgan fingerprint density at radius 2 is 1.81 bits per heavy atom. The van der Waals surface area contributed by atoms with Crippen LogP contribution >= 0.6 is 0 Å². The normalized spacial score (nSPS) is 23.7. The average molecular weight is 309 g/mol. The molecular formula is C17H27NO2S. The van der Waals surface area contributed by atoms with Gasteiger partial charge in [-0.05, 0) is 35.8 Å². The molecule has 1 heterocycles. The van der Waals surface area contributed by atoms with Gasteiger partial charge in [0.15, 0.2) is 9.84 Å². The van der Waals surface area contributed by atoms with Gasteiger partial charge in [-0.25, -0.2) is 8.42 Å². The molecule has 0 aliphatic carbocycles. The molecule has 118 valence electrons. The van der Waals surface area contributed by atoms with Crippen molar-refractivity contribution in [1.29, 1.82) is 0 Å². The molecule has 3 nitrogen and oxygen atoms in total. The van der Waals surface area contributed by atoms with Crippen LogP contribution in [-0.4, -0.2) is 25.5 Å². The Hall–Kier alpha value is -0.870. The van der Waals surface area contributed by atoms with Crippen LogP contribution in [0.4, 0.5) is 0 Å². The van der Waals surface area contributed by atoms with Crippen molar-refractivity contribution in [2.75, 3.05) is 5.75 Å². The van der Waals surface area contributed by atoms with Crippen molar-refractivity contribution in [3.05, 3.63) is 35.4 Å². The van der Waals surface area contributed by atoms with Gasteiger partial charge in [-0.3, -0.25) is 0 Å². The highest BCUT2D eigenvalue weighted by Crippen LogP contribution is 2.25. The van der Waals surface area contributed by atoms with Crippen LogP contribution in [0.25, 0.3) is 0 Å². The van der Waals surface area contributed by atoms with E-state index in [9.17, 15) is 8.42 Å². The fourth-order valence-electron chi connectivity index (χ4n) is 3.00. The number of benzene rings is 1. The zero-order chi connectivity index (χ0) is 15.7. The fraction of sp³-hybridized carbons (Fsp3) is 0.647. The first kappa shape index (κ1) is 16.5. The van der Waals surface area contributed by atoms with E-state index in [4.69, 9.17) is 5.73 Å². The van der Waals surface area contributed by atoms with Gasteiger partial charge in [-0.2, -0.15) is 0 Å². The summed E-state index contributed by atoms with van der Waals surface area (Å²) in [6.45, 7) is 6.55. The Morgan fingerprint density at radius 3 is 2.33 bits per heavy atom. The van der Waals surface area contributed by atoms with Gasteiger partial charge in [0.1, 0.15) is 0 Å². The van der Waals surface area contributed by atoms with Crippen molar-refractivity contribution in [2.45, 2.75) is 63.2 Å². The lowest BCUT2D eigenvalue weighted by molar-refractivity contribution is 0.495. The third kappa shape index (κ3) is 4.07. The largest absolute Gasteiger partial charge is 0.326 e. The molecule has 1 fully saturated rings. The van der Waals surface area contributed by atoms with Gasteiger partial charge in [-0.1, -0.05) is 51.5 Å². The molecule has 2 rings (SSSR count). The molecule has 21 heavy (non-hydrogen) atoms. The summed E-state index contributed by atoms with van der Waals surface area (Å²) >= 11 is 0. The first-order valence-electron chi connectivity index (χ1n) is 7.77. The highest BCUT2D eigenvalue weighted by molar-refractivity contribution is 7.92. The van der Waals surface area contributed by atoms with E-state index in [1.807, 2.05) is 0 Å². The second kappa shape index (κ2) is 6.09. The molecule has 0 aromatic heterocycles. The van der Waals surface area contributed by atoms with Gasteiger partial charge in [0.25, 0.3) is 0 Å². The van der Waals surface area contributed by atoms with Crippen LogP contribution in [0.2, 0.25) is 0 Å². The molecule has 0 saturated carbocycles. The number of hydrogen-bond donors (Lipinski definition) is 1. The van der Waals surface area contributed by atoms with Crippen molar-refractivity contribution in [3.8, 4) is 0 Å². The third-order valence-electron chi connectivity index (χ3n) is 4.40. The topological polar surface area (TPSA) is 60.2 Å². The SMILES string of the molecule is CC(C)(C)c1ccc(CC(N)C2CCCCS2(=O)=O)cc1. The molecule has 0 bridgehead atoms. The second-order valence-electron chi connectivity index (χ2n) is 7.22. The number of rotatable bonds is 3. The van der Waals surface area contributed by atoms with E-state index < -0.39 is 9.84 Å². The Labute approximate surface area is 128 Å². The number of nitrogens with two attached hydrogens (primary N) is 1. The molecule has 4 heteroatoms. The van der Waals surface area contributed by atoms with E-state index in [2.05, 4.69) is 45.0 Å². The van der Waals surface area contributed by atoms with Crippen LogP contribution in [0.15, 0.2) is 24.3 Å². The molecule has 2 unspecified atom stereocenters. The Bertz CT molecular complexity index is 570. The van der Waals surface area contributed by atoms with Crippen molar-refractivity contribution < 1.29 is 8.42 Å². The van der Waals surface area contributed by atoms with E-state index in [0.717, 1.165) is 18.4 Å². The molecule has 2 N–H and O–H groups in total. The lowest BCUT2D eigenvalue weighted by Gasteiger charge is -2.27. The lowest BCUT2D eigenvalue weighted by Crippen LogP contribution is -2.44. The standard InChI is InChI=1S/C17H27NO2S/c1-17(2,3)14-9-7-13(8-10-14)12-15(18)16-6-4-5-11-21(16,19)20/h7-10,15-16H,4-6,11-12,18H2,1-3H3. The van der Waals surface area contributed by atoms with E-state index in [-0.39, 0.29) is 16.7 Å². The van der Waals surface area contributed by atoms with Crippen LogP contribution in [0, 0.1) is 0 Å². The maximum absolute atomic E-state index is 12.1. The predicted octanol–water partition coefficient (Wildman–Crippen LogP) is 2.82. The van der Waals surface area contributed by atoms with Crippen molar-refractivity contribution in [3.63, 3.8) is 0 Å². The highest BCUT2D eigenvalue weighted by Gasteiger charge is 2.33. The van der Waals surface area contributed by atoms with Gasteiger partial charge < -0.3 is 5.73 Å². The van der Waals surface area contributed by atoms with E-state index in [1.54, 1.807) is 0 Å². The molecule has 1 aromatic rings. The van der Waals surface area contributed by atoms with E-state index in [0.29, 0.717) is 18.6 Å². The summed E-state index contributed by atoms with van der Waals surface area (Å²) in [5, 5.41) is -0.367. The van der Waals surface area contributed by atoms with Crippen LogP contribution < -0.4 is 5.73 Å². The molecule has 0 radical (unpaired) electrons. The van der Waals surface area contributed by atoms with Crippen LogP contribution in [0.3, 0.4) is 0 Å². The Kier molecular flexibility index (Phi) is 4.79. The smallest absolute Gasteiger partial charge is 0.154 e. The maximum Gasteiger partial charge on any atom is 0.154 e. The molecule has 1 aliphatic rings. The molecule has 2 atom stereocenters. The Morgan fingerprint density at radius 1 is 1.19 bits per heavy atom. The quantitative estimate of drug-likeness (QED) is 0.934. The molecule has 1 aliphatic heterocycles. The first-order chi connectivity index (χ1) is 9.70. The summed E-state index contributed by atoms with van der Waals surface area (Å²) < 4.78 is 24.2. The number of hydrogen-bond acceptors (Lipinski definition) is 3. The summed E-state index contributed by atoms with van der Waals surface area (Å²) in [7, 11) is -3.00. The zero-order valence-electron chi connectivity index (χ0n) is 13.3. The fourth-order valence-corrected chi connectivity index (χ4v) is 5.07. The minimum absolute atomic E-state index is 0.132. The van der Waals surface area contributed by atoms with Crippen molar-refractivity contribution >= 4 is 9.84 Å². The maximum atomic E-state index is 12.1. The summed E-state index contributed by atoms with van der Waals surface area (Å²) in [5.41, 5.74) is 8.74. The Balaban J connectivity index is 2.07. The number of sulfone groups is 1. The summed E-state index contributed by atoms with van der Waals surface area (Å²) in [6, 6.07) is 8.11. The van der Waals surface area contributed by atoms with Gasteiger partial charge in [0, 0.05) is 6.04 Å². The van der Waals surface area contributed by atoms with Gasteiger partial charge in [0.05, 0.1) is 11.0 Å². The highest BCUT2D eigenvalue weighted by atomic mass is 32.2. The molecule has 0 spiro atoms. The van der Waals surface area contributed by atoms with E-state index >= 15 is 0 Å². The third-order valence-corrected chi connectivity index (χ3v) is 6.76. The predicted molar refractivity (Wildman–Crippen MR) is 88.2 cm³/mol. The van der Waals surface area contributed by atoms with Gasteiger partial charge in [0.2, 0.25) is 0 Å². The van der Waals surface area contributed by atoms with Crippen LogP contribution in [0.5, 0.6) is 0 Å². The second-order valence-corrected chi connectivity index (χ2v) is 9.56. The van der Waals surface area contributed by atoms with Crippen molar-refractivity contribution in [1.82, 2.24) is 0 Å². The van der Waals surface area contributed by atoms with Gasteiger partial charge in [-0.15, -0.1) is 0 Å². The monoisotopic (exact) mass is 309 g/mol. The molecule has 0 amide bonds. The van der Waals surface area contributed by atoms with Crippen molar-refractivity contribution in [2.24, 2.45) is 5.73 Å². The van der Waals surface area contributed by atoms with Gasteiger partial charge >= 0.3 is 0 Å². The van der Waals surface area contributed by atoms with E-state index in [1.165, 1.54) is 5.56 Å². The minimum atomic E-state index is -3.00. The van der Waals surface area contributed by atoms with Crippen LogP contribution in [0.1, 0.15) is 51.2 Å². The van der Waals surface area contributed by atoms with Crippen LogP contribution in [-0.2, 0) is 21.7 Å².